The Hall–Kier alpha value is 0. The summed E-state index contributed by atoms with van der Waals surface area (Å²) in [5, 5.41) is 0. The van der Waals surface area contributed by atoms with Gasteiger partial charge in [0.05, 0.1) is 0 Å². The van der Waals surface area contributed by atoms with Crippen molar-refractivity contribution >= 4 is 0 Å². The van der Waals surface area contributed by atoms with Gasteiger partial charge in [-0.15, -0.1) is 0 Å². The van der Waals surface area contributed by atoms with Crippen molar-refractivity contribution in [2.45, 2.75) is 406 Å². The number of unbranched alkanes of at least 4 members (excludes halogenated alkanes) is 5. The predicted octanol–water partition coefficient (Wildman–Crippen LogP) is 29.0. The molecule has 0 saturated carbocycles. The SMILES string of the molecule is CCC(CC)C(C)C.CCCC(CC)(CC)CC(C)C.CCCC(CCC)CC(C)C.CCCCC(CC)C(C)C.CCCCC(CCC)C(C)C.CCCCC(CCC)C(C)C.CCCCC(CCCC)C(C)C. The van der Waals surface area contributed by atoms with Crippen molar-refractivity contribution in [3.8, 4) is 0 Å². The molecule has 464 valence electrons. The molecule has 0 aliphatic carbocycles. The third-order valence-electron chi connectivity index (χ3n) is 17.6. The highest BCUT2D eigenvalue weighted by Gasteiger charge is 2.25. The van der Waals surface area contributed by atoms with E-state index in [1.165, 1.54) is 205 Å². The standard InChI is InChI=1S/2C12H26.3C11H24.C10H22.C8H18/c1-6-9-12(7-2,8-3)10-11(4)5;1-5-7-9-12(11(3)4)10-8-6-2;1-5-7-11(8-6-2)9-10(3)4;2*1-5-7-9-11(8-6-2)10(3)4;1-5-7-8-10(6-2)9(3)4;1-5-8(6-2)7(3)4/h11H,6-10H2,1-5H3;11-12H,5-10H2,1-4H3;3*10-11H,5-9H2,1-4H3;9-10H,5-8H2,1-4H3;7-8H,5-6H2,1-4H3. The normalized spacial score (nSPS) is 12.7. The lowest BCUT2D eigenvalue weighted by atomic mass is 9.73. The van der Waals surface area contributed by atoms with Crippen LogP contribution in [0.2, 0.25) is 0 Å². The van der Waals surface area contributed by atoms with Gasteiger partial charge in [0, 0.05) is 0 Å². The maximum absolute atomic E-state index is 2.37. The summed E-state index contributed by atoms with van der Waals surface area (Å²) in [6.45, 7) is 67.2. The van der Waals surface area contributed by atoms with Crippen LogP contribution in [-0.2, 0) is 0 Å². The number of hydrogen-bond donors (Lipinski definition) is 0. The zero-order valence-corrected chi connectivity index (χ0v) is 59.6. The van der Waals surface area contributed by atoms with Crippen LogP contribution in [0.3, 0.4) is 0 Å². The average molecular weight is 1070 g/mol. The largest absolute Gasteiger partial charge is 0.0654 e. The van der Waals surface area contributed by atoms with Gasteiger partial charge in [0.1, 0.15) is 0 Å². The first-order chi connectivity index (χ1) is 35.4. The van der Waals surface area contributed by atoms with Gasteiger partial charge in [-0.2, -0.15) is 0 Å². The first kappa shape index (κ1) is 88.8. The van der Waals surface area contributed by atoms with Crippen LogP contribution in [0.15, 0.2) is 0 Å². The van der Waals surface area contributed by atoms with Gasteiger partial charge in [-0.1, -0.05) is 387 Å². The van der Waals surface area contributed by atoms with Crippen LogP contribution in [0.1, 0.15) is 406 Å². The molecule has 3 atom stereocenters. The van der Waals surface area contributed by atoms with Gasteiger partial charge in [-0.25, -0.2) is 0 Å². The molecule has 0 fully saturated rings. The first-order valence-electron chi connectivity index (χ1n) is 35.4. The molecule has 0 saturated heterocycles. The minimum absolute atomic E-state index is 0.656. The third-order valence-corrected chi connectivity index (χ3v) is 17.6. The highest BCUT2D eigenvalue weighted by molar-refractivity contribution is 4.77. The molecular formula is C75H164. The maximum atomic E-state index is 2.37. The van der Waals surface area contributed by atoms with E-state index in [-0.39, 0.29) is 0 Å². The molecule has 0 amide bonds. The topological polar surface area (TPSA) is 0 Å². The second kappa shape index (κ2) is 66.5. The lowest BCUT2D eigenvalue weighted by molar-refractivity contribution is 0.187. The van der Waals surface area contributed by atoms with E-state index in [1.807, 2.05) is 0 Å². The minimum atomic E-state index is 0.656. The van der Waals surface area contributed by atoms with E-state index in [0.29, 0.717) is 5.41 Å². The van der Waals surface area contributed by atoms with Crippen molar-refractivity contribution in [2.24, 2.45) is 82.3 Å². The fraction of sp³-hybridized carbons (Fsp3) is 1.00. The van der Waals surface area contributed by atoms with E-state index < -0.39 is 0 Å². The first-order valence-corrected chi connectivity index (χ1v) is 35.4. The summed E-state index contributed by atoms with van der Waals surface area (Å²) in [5.41, 5.74) is 0.656. The molecule has 0 aromatic rings. The lowest BCUT2D eigenvalue weighted by Crippen LogP contribution is -2.20. The van der Waals surface area contributed by atoms with Crippen LogP contribution in [-0.4, -0.2) is 0 Å². The molecule has 0 aliphatic rings. The van der Waals surface area contributed by atoms with Crippen LogP contribution >= 0.6 is 0 Å². The van der Waals surface area contributed by atoms with Crippen LogP contribution in [0.4, 0.5) is 0 Å². The van der Waals surface area contributed by atoms with Crippen LogP contribution in [0.5, 0.6) is 0 Å². The summed E-state index contributed by atoms with van der Waals surface area (Å²) in [6, 6.07) is 0. The molecule has 0 aromatic carbocycles. The summed E-state index contributed by atoms with van der Waals surface area (Å²) < 4.78 is 0. The lowest BCUT2D eigenvalue weighted by Gasteiger charge is -2.33. The Kier molecular flexibility index (Phi) is 78.8. The van der Waals surface area contributed by atoms with Gasteiger partial charge in [0.2, 0.25) is 0 Å². The highest BCUT2D eigenvalue weighted by atomic mass is 14.3. The molecule has 0 aromatic heterocycles. The van der Waals surface area contributed by atoms with Gasteiger partial charge in [0.25, 0.3) is 0 Å². The van der Waals surface area contributed by atoms with Crippen molar-refractivity contribution < 1.29 is 0 Å². The molecule has 0 aliphatic heterocycles. The van der Waals surface area contributed by atoms with Crippen LogP contribution in [0, 0.1) is 82.3 Å². The van der Waals surface area contributed by atoms with Crippen LogP contribution in [0.25, 0.3) is 0 Å². The second-order valence-electron chi connectivity index (χ2n) is 27.2. The van der Waals surface area contributed by atoms with E-state index in [1.54, 1.807) is 0 Å². The highest BCUT2D eigenvalue weighted by Crippen LogP contribution is 2.38. The number of rotatable bonds is 39. The Morgan fingerprint density at radius 2 is 0.520 bits per heavy atom. The summed E-state index contributed by atoms with van der Waals surface area (Å²) in [7, 11) is 0. The molecule has 0 heteroatoms. The maximum Gasteiger partial charge on any atom is -0.0300 e. The molecule has 0 heterocycles. The molecule has 0 rings (SSSR count). The molecular weight excluding hydrogens is 901 g/mol. The molecule has 0 radical (unpaired) electrons. The molecule has 0 bridgehead atoms. The molecule has 0 spiro atoms. The van der Waals surface area contributed by atoms with E-state index >= 15 is 0 Å². The van der Waals surface area contributed by atoms with E-state index in [9.17, 15) is 0 Å². The Morgan fingerprint density at radius 3 is 0.693 bits per heavy atom. The van der Waals surface area contributed by atoms with Crippen molar-refractivity contribution in [1.29, 1.82) is 0 Å². The Labute approximate surface area is 486 Å². The van der Waals surface area contributed by atoms with Gasteiger partial charge < -0.3 is 0 Å². The monoisotopic (exact) mass is 1070 g/mol. The van der Waals surface area contributed by atoms with Crippen molar-refractivity contribution in [3.63, 3.8) is 0 Å². The third kappa shape index (κ3) is 64.7. The Morgan fingerprint density at radius 1 is 0.253 bits per heavy atom. The molecule has 0 nitrogen and oxygen atoms in total. The zero-order valence-electron chi connectivity index (χ0n) is 59.6. The fourth-order valence-electron chi connectivity index (χ4n) is 12.0. The Bertz CT molecular complexity index is 905. The summed E-state index contributed by atoms with van der Waals surface area (Å²) in [4.78, 5) is 0. The van der Waals surface area contributed by atoms with E-state index in [4.69, 9.17) is 0 Å². The molecule has 3 unspecified atom stereocenters. The smallest absolute Gasteiger partial charge is 0.0300 e. The van der Waals surface area contributed by atoms with E-state index in [2.05, 4.69) is 201 Å². The van der Waals surface area contributed by atoms with Gasteiger partial charge >= 0.3 is 0 Å². The van der Waals surface area contributed by atoms with Gasteiger partial charge in [-0.3, -0.25) is 0 Å². The number of hydrogen-bond acceptors (Lipinski definition) is 0. The van der Waals surface area contributed by atoms with Crippen molar-refractivity contribution in [1.82, 2.24) is 0 Å². The van der Waals surface area contributed by atoms with E-state index in [0.717, 1.165) is 76.9 Å². The van der Waals surface area contributed by atoms with Gasteiger partial charge in [-0.05, 0) is 102 Å². The van der Waals surface area contributed by atoms with Crippen molar-refractivity contribution in [2.75, 3.05) is 0 Å². The predicted molar refractivity (Wildman–Crippen MR) is 360 cm³/mol. The average Bonchev–Trinajstić information content (AvgIpc) is 3.35. The second-order valence-corrected chi connectivity index (χ2v) is 27.2. The van der Waals surface area contributed by atoms with Crippen LogP contribution < -0.4 is 0 Å². The van der Waals surface area contributed by atoms with Gasteiger partial charge in [0.15, 0.2) is 0 Å². The van der Waals surface area contributed by atoms with Crippen molar-refractivity contribution in [3.05, 3.63) is 0 Å². The molecule has 75 heavy (non-hydrogen) atoms. The quantitative estimate of drug-likeness (QED) is 0.0576. The summed E-state index contributed by atoms with van der Waals surface area (Å²) >= 11 is 0. The Balaban J connectivity index is -0.000000144. The summed E-state index contributed by atoms with van der Waals surface area (Å²) in [5.74, 6) is 12.1. The molecule has 0 N–H and O–H groups in total. The zero-order chi connectivity index (χ0) is 59.6. The fourth-order valence-corrected chi connectivity index (χ4v) is 12.0. The minimum Gasteiger partial charge on any atom is -0.0654 e. The summed E-state index contributed by atoms with van der Waals surface area (Å²) in [6.07, 6.45) is 44.6.